The number of carboxylic acids is 1. The number of aliphatic hydroxyl groups is 1. The van der Waals surface area contributed by atoms with Gasteiger partial charge < -0.3 is 20.4 Å². The maximum atomic E-state index is 11.3. The topological polar surface area (TPSA) is 110 Å². The average molecular weight is 301 g/mol. The Balaban J connectivity index is 2.28. The summed E-state index contributed by atoms with van der Waals surface area (Å²) >= 11 is 0. The first-order valence-electron chi connectivity index (χ1n) is 6.50. The number of nitrogens with zero attached hydrogens (tertiary/aromatic N) is 1. The van der Waals surface area contributed by atoms with Crippen molar-refractivity contribution in [1.29, 1.82) is 0 Å². The van der Waals surface area contributed by atoms with E-state index >= 15 is 0 Å². The second kappa shape index (κ2) is 6.28. The molecule has 0 aliphatic rings. The summed E-state index contributed by atoms with van der Waals surface area (Å²) in [4.78, 5) is 15.0. The van der Waals surface area contributed by atoms with E-state index in [-0.39, 0.29) is 29.0 Å². The van der Waals surface area contributed by atoms with Crippen molar-refractivity contribution in [3.8, 4) is 11.5 Å². The Morgan fingerprint density at radius 2 is 1.64 bits per heavy atom. The Hall–Kier alpha value is -2.86. The Morgan fingerprint density at radius 1 is 1.05 bits per heavy atom. The summed E-state index contributed by atoms with van der Waals surface area (Å²) in [6.45, 7) is 0. The molecule has 0 amide bonds. The molecule has 0 saturated heterocycles. The summed E-state index contributed by atoms with van der Waals surface area (Å²) < 4.78 is 0. The summed E-state index contributed by atoms with van der Waals surface area (Å²) in [6, 6.07) is 12.0. The third kappa shape index (κ3) is 3.07. The minimum Gasteiger partial charge on any atom is -0.508 e. The molecule has 0 aromatic heterocycles. The summed E-state index contributed by atoms with van der Waals surface area (Å²) in [7, 11) is 0. The van der Waals surface area contributed by atoms with Crippen molar-refractivity contribution in [3.05, 3.63) is 59.7 Å². The van der Waals surface area contributed by atoms with Gasteiger partial charge in [-0.25, -0.2) is 9.79 Å². The second-order valence-corrected chi connectivity index (χ2v) is 4.63. The number of hydrogen-bond acceptors (Lipinski definition) is 5. The van der Waals surface area contributed by atoms with Crippen molar-refractivity contribution in [2.24, 2.45) is 4.99 Å². The number of phenolic OH excluding ortho intramolecular Hbond substituents is 2. The van der Waals surface area contributed by atoms with Gasteiger partial charge in [-0.1, -0.05) is 36.4 Å². The zero-order valence-corrected chi connectivity index (χ0v) is 11.5. The molecule has 1 atom stereocenters. The highest BCUT2D eigenvalue weighted by molar-refractivity contribution is 5.81. The van der Waals surface area contributed by atoms with E-state index in [1.165, 1.54) is 30.3 Å². The van der Waals surface area contributed by atoms with Gasteiger partial charge in [0.2, 0.25) is 0 Å². The second-order valence-electron chi connectivity index (χ2n) is 4.63. The Kier molecular flexibility index (Phi) is 4.43. The monoisotopic (exact) mass is 301 g/mol. The number of carbonyl (C=O) groups is 1. The standard InChI is InChI=1S/C16H15NO5/c18-13-7-4-8-14(19)12(13)9-10-17-16(22,15(20)21)11-5-2-1-3-6-11/h1-8,10,18-19,22H,9H2,(H,20,21)/t16-/m1/s1. The summed E-state index contributed by atoms with van der Waals surface area (Å²) in [6.07, 6.45) is 1.12. The van der Waals surface area contributed by atoms with E-state index < -0.39 is 11.7 Å². The molecule has 0 spiro atoms. The van der Waals surface area contributed by atoms with Crippen molar-refractivity contribution in [3.63, 3.8) is 0 Å². The fourth-order valence-corrected chi connectivity index (χ4v) is 1.96. The number of benzene rings is 2. The van der Waals surface area contributed by atoms with Crippen molar-refractivity contribution < 1.29 is 25.2 Å². The minimum absolute atomic E-state index is 0.0269. The number of phenols is 2. The Labute approximate surface area is 126 Å². The number of rotatable bonds is 5. The molecule has 0 bridgehead atoms. The van der Waals surface area contributed by atoms with Gasteiger partial charge in [-0.3, -0.25) is 0 Å². The molecule has 0 fully saturated rings. The van der Waals surface area contributed by atoms with Crippen LogP contribution in [0.2, 0.25) is 0 Å². The van der Waals surface area contributed by atoms with Crippen molar-refractivity contribution in [2.75, 3.05) is 0 Å². The highest BCUT2D eigenvalue weighted by atomic mass is 16.4. The van der Waals surface area contributed by atoms with Gasteiger partial charge in [0.05, 0.1) is 0 Å². The summed E-state index contributed by atoms with van der Waals surface area (Å²) in [5.41, 5.74) is -2.10. The third-order valence-corrected chi connectivity index (χ3v) is 3.17. The molecule has 0 aliphatic heterocycles. The smallest absolute Gasteiger partial charge is 0.364 e. The summed E-state index contributed by atoms with van der Waals surface area (Å²) in [5, 5.41) is 38.8. The predicted molar refractivity (Wildman–Crippen MR) is 79.9 cm³/mol. The Bertz CT molecular complexity index is 679. The minimum atomic E-state index is -2.42. The van der Waals surface area contributed by atoms with Crippen LogP contribution in [0.3, 0.4) is 0 Å². The molecule has 0 unspecified atom stereocenters. The lowest BCUT2D eigenvalue weighted by molar-refractivity contribution is -0.158. The van der Waals surface area contributed by atoms with Crippen LogP contribution >= 0.6 is 0 Å². The van der Waals surface area contributed by atoms with Gasteiger partial charge >= 0.3 is 5.97 Å². The van der Waals surface area contributed by atoms with Crippen LogP contribution in [0.25, 0.3) is 0 Å². The molecule has 2 aromatic rings. The van der Waals surface area contributed by atoms with Gasteiger partial charge in [-0.15, -0.1) is 0 Å². The SMILES string of the molecule is O=C(O)[C@@](O)(N=CCc1c(O)cccc1O)c1ccccc1. The third-order valence-electron chi connectivity index (χ3n) is 3.17. The largest absolute Gasteiger partial charge is 0.508 e. The first-order valence-corrected chi connectivity index (χ1v) is 6.50. The van der Waals surface area contributed by atoms with Gasteiger partial charge in [0.1, 0.15) is 11.5 Å². The van der Waals surface area contributed by atoms with E-state index in [1.54, 1.807) is 18.2 Å². The van der Waals surface area contributed by atoms with Gasteiger partial charge in [0, 0.05) is 23.8 Å². The quantitative estimate of drug-likeness (QED) is 0.627. The molecular weight excluding hydrogens is 286 g/mol. The van der Waals surface area contributed by atoms with E-state index in [4.69, 9.17) is 0 Å². The molecule has 22 heavy (non-hydrogen) atoms. The van der Waals surface area contributed by atoms with Crippen LogP contribution < -0.4 is 0 Å². The van der Waals surface area contributed by atoms with Crippen LogP contribution in [0.15, 0.2) is 53.5 Å². The summed E-state index contributed by atoms with van der Waals surface area (Å²) in [5.74, 6) is -1.79. The zero-order chi connectivity index (χ0) is 16.2. The van der Waals surface area contributed by atoms with Gasteiger partial charge in [-0.2, -0.15) is 0 Å². The molecule has 2 rings (SSSR count). The number of carboxylic acid groups (broad SMARTS) is 1. The highest BCUT2D eigenvalue weighted by Crippen LogP contribution is 2.27. The van der Waals surface area contributed by atoms with Gasteiger partial charge in [0.15, 0.2) is 0 Å². The number of hydrogen-bond donors (Lipinski definition) is 4. The molecule has 114 valence electrons. The van der Waals surface area contributed by atoms with Crippen LogP contribution in [0.4, 0.5) is 0 Å². The molecule has 6 nitrogen and oxygen atoms in total. The normalized spacial score (nSPS) is 13.9. The van der Waals surface area contributed by atoms with Gasteiger partial charge in [-0.05, 0) is 12.1 Å². The van der Waals surface area contributed by atoms with E-state index in [1.807, 2.05) is 0 Å². The Morgan fingerprint density at radius 3 is 2.18 bits per heavy atom. The van der Waals surface area contributed by atoms with Crippen molar-refractivity contribution in [1.82, 2.24) is 0 Å². The maximum absolute atomic E-state index is 11.3. The fourth-order valence-electron chi connectivity index (χ4n) is 1.96. The van der Waals surface area contributed by atoms with Crippen LogP contribution in [-0.2, 0) is 16.9 Å². The molecule has 4 N–H and O–H groups in total. The lowest BCUT2D eigenvalue weighted by atomic mass is 10.0. The number of aromatic hydroxyl groups is 2. The van der Waals surface area contributed by atoms with E-state index in [9.17, 15) is 25.2 Å². The van der Waals surface area contributed by atoms with Crippen LogP contribution in [0.5, 0.6) is 11.5 Å². The highest BCUT2D eigenvalue weighted by Gasteiger charge is 2.37. The lowest BCUT2D eigenvalue weighted by Crippen LogP contribution is -2.33. The molecule has 0 heterocycles. The number of aliphatic carboxylic acids is 1. The first-order chi connectivity index (χ1) is 10.4. The predicted octanol–water partition coefficient (Wildman–Crippen LogP) is 1.64. The fraction of sp³-hybridized carbons (Fsp3) is 0.125. The molecular formula is C16H15NO5. The molecule has 0 saturated carbocycles. The van der Waals surface area contributed by atoms with Gasteiger partial charge in [0.25, 0.3) is 5.72 Å². The molecule has 6 heteroatoms. The zero-order valence-electron chi connectivity index (χ0n) is 11.5. The molecule has 0 aliphatic carbocycles. The van der Waals surface area contributed by atoms with E-state index in [0.717, 1.165) is 6.21 Å². The molecule has 2 aromatic carbocycles. The lowest BCUT2D eigenvalue weighted by Gasteiger charge is -2.18. The van der Waals surface area contributed by atoms with Crippen LogP contribution in [-0.4, -0.2) is 32.6 Å². The average Bonchev–Trinajstić information content (AvgIpc) is 2.50. The van der Waals surface area contributed by atoms with Crippen LogP contribution in [0.1, 0.15) is 11.1 Å². The number of aliphatic imine (C=N–C) groups is 1. The van der Waals surface area contributed by atoms with E-state index in [2.05, 4.69) is 4.99 Å². The van der Waals surface area contributed by atoms with Crippen molar-refractivity contribution in [2.45, 2.75) is 12.1 Å². The van der Waals surface area contributed by atoms with Crippen LogP contribution in [0, 0.1) is 0 Å². The maximum Gasteiger partial charge on any atom is 0.364 e. The first kappa shape index (κ1) is 15.5. The van der Waals surface area contributed by atoms with Crippen molar-refractivity contribution >= 4 is 12.2 Å². The van der Waals surface area contributed by atoms with E-state index in [0.29, 0.717) is 0 Å². The molecule has 0 radical (unpaired) electrons.